The Kier molecular flexibility index (Phi) is 6.68. The predicted molar refractivity (Wildman–Crippen MR) is 83.5 cm³/mol. The Morgan fingerprint density at radius 1 is 1.33 bits per heavy atom. The van der Waals surface area contributed by atoms with Gasteiger partial charge in [-0.05, 0) is 39.0 Å². The summed E-state index contributed by atoms with van der Waals surface area (Å²) in [6.07, 6.45) is 0. The third-order valence-corrected chi connectivity index (χ3v) is 3.38. The van der Waals surface area contributed by atoms with Crippen LogP contribution in [0.15, 0.2) is 22.7 Å². The Morgan fingerprint density at radius 3 is 2.52 bits per heavy atom. The lowest BCUT2D eigenvalue weighted by atomic mass is 10.1. The largest absolute Gasteiger partial charge is 0.496 e. The van der Waals surface area contributed by atoms with Crippen LogP contribution in [0, 0.1) is 0 Å². The van der Waals surface area contributed by atoms with Crippen molar-refractivity contribution in [1.82, 2.24) is 4.90 Å². The molecule has 1 rings (SSSR count). The van der Waals surface area contributed by atoms with E-state index in [1.54, 1.807) is 25.1 Å². The maximum absolute atomic E-state index is 12.6. The normalized spacial score (nSPS) is 10.4. The fourth-order valence-corrected chi connectivity index (χ4v) is 2.17. The van der Waals surface area contributed by atoms with Crippen LogP contribution in [0.1, 0.15) is 31.1 Å². The van der Waals surface area contributed by atoms with Crippen LogP contribution in [-0.4, -0.2) is 43.1 Å². The summed E-state index contributed by atoms with van der Waals surface area (Å²) < 4.78 is 11.0. The number of hydrogen-bond donors (Lipinski definition) is 0. The molecule has 0 radical (unpaired) electrons. The first kappa shape index (κ1) is 17.5. The smallest absolute Gasteiger partial charge is 0.325 e. The van der Waals surface area contributed by atoms with E-state index in [1.165, 1.54) is 12.0 Å². The number of nitrogens with zero attached hydrogens (tertiary/aromatic N) is 1. The van der Waals surface area contributed by atoms with Gasteiger partial charge in [-0.15, -0.1) is 0 Å². The van der Waals surface area contributed by atoms with Crippen LogP contribution < -0.4 is 4.74 Å². The second kappa shape index (κ2) is 8.02. The standard InChI is InChI=1S/C15H20BrNO4/c1-5-21-14(18)9-17(10(2)3)15(19)12-7-6-11(16)8-13(12)20-4/h6-8,10H,5,9H2,1-4H3. The second-order valence-corrected chi connectivity index (χ2v) is 5.59. The Hall–Kier alpha value is -1.56. The Balaban J connectivity index is 3.03. The van der Waals surface area contributed by atoms with E-state index < -0.39 is 5.97 Å². The van der Waals surface area contributed by atoms with Gasteiger partial charge in [0, 0.05) is 10.5 Å². The summed E-state index contributed by atoms with van der Waals surface area (Å²) >= 11 is 3.33. The number of halogens is 1. The minimum Gasteiger partial charge on any atom is -0.496 e. The summed E-state index contributed by atoms with van der Waals surface area (Å²) in [5.74, 6) is -0.220. The van der Waals surface area contributed by atoms with E-state index in [9.17, 15) is 9.59 Å². The van der Waals surface area contributed by atoms with E-state index in [4.69, 9.17) is 9.47 Å². The molecule has 0 unspecified atom stereocenters. The molecule has 5 nitrogen and oxygen atoms in total. The molecule has 0 bridgehead atoms. The third kappa shape index (κ3) is 4.74. The maximum atomic E-state index is 12.6. The molecule has 116 valence electrons. The highest BCUT2D eigenvalue weighted by Gasteiger charge is 2.24. The molecular formula is C15H20BrNO4. The SMILES string of the molecule is CCOC(=O)CN(C(=O)c1ccc(Br)cc1OC)C(C)C. The predicted octanol–water partition coefficient (Wildman–Crippen LogP) is 2.87. The van der Waals surface area contributed by atoms with E-state index >= 15 is 0 Å². The summed E-state index contributed by atoms with van der Waals surface area (Å²) in [6.45, 7) is 5.65. The van der Waals surface area contributed by atoms with Gasteiger partial charge < -0.3 is 14.4 Å². The molecule has 0 atom stereocenters. The first-order valence-corrected chi connectivity index (χ1v) is 7.50. The molecular weight excluding hydrogens is 338 g/mol. The van der Waals surface area contributed by atoms with E-state index in [0.29, 0.717) is 17.9 Å². The molecule has 0 N–H and O–H groups in total. The number of hydrogen-bond acceptors (Lipinski definition) is 4. The zero-order valence-electron chi connectivity index (χ0n) is 12.7. The number of methoxy groups -OCH3 is 1. The van der Waals surface area contributed by atoms with Crippen LogP contribution in [-0.2, 0) is 9.53 Å². The Labute approximate surface area is 133 Å². The van der Waals surface area contributed by atoms with Crippen molar-refractivity contribution in [3.8, 4) is 5.75 Å². The number of benzene rings is 1. The molecule has 0 spiro atoms. The molecule has 0 fully saturated rings. The van der Waals surface area contributed by atoms with Crippen LogP contribution in [0.2, 0.25) is 0 Å². The van der Waals surface area contributed by atoms with Gasteiger partial charge >= 0.3 is 5.97 Å². The van der Waals surface area contributed by atoms with Gasteiger partial charge in [0.25, 0.3) is 5.91 Å². The maximum Gasteiger partial charge on any atom is 0.325 e. The first-order valence-electron chi connectivity index (χ1n) is 6.70. The fraction of sp³-hybridized carbons (Fsp3) is 0.467. The van der Waals surface area contributed by atoms with Gasteiger partial charge in [0.05, 0.1) is 19.3 Å². The number of ether oxygens (including phenoxy) is 2. The molecule has 21 heavy (non-hydrogen) atoms. The monoisotopic (exact) mass is 357 g/mol. The van der Waals surface area contributed by atoms with Gasteiger partial charge in [-0.25, -0.2) is 0 Å². The van der Waals surface area contributed by atoms with Crippen molar-refractivity contribution < 1.29 is 19.1 Å². The average Bonchev–Trinajstić information content (AvgIpc) is 2.43. The molecule has 1 aromatic rings. The lowest BCUT2D eigenvalue weighted by Gasteiger charge is -2.26. The number of rotatable bonds is 6. The van der Waals surface area contributed by atoms with Crippen molar-refractivity contribution in [2.45, 2.75) is 26.8 Å². The quantitative estimate of drug-likeness (QED) is 0.734. The minimum absolute atomic E-state index is 0.0798. The summed E-state index contributed by atoms with van der Waals surface area (Å²) in [7, 11) is 1.50. The Bertz CT molecular complexity index is 516. The minimum atomic E-state index is -0.421. The van der Waals surface area contributed by atoms with Crippen LogP contribution >= 0.6 is 15.9 Å². The van der Waals surface area contributed by atoms with Gasteiger partial charge in [-0.3, -0.25) is 9.59 Å². The molecule has 1 amide bonds. The molecule has 0 aliphatic heterocycles. The van der Waals surface area contributed by atoms with Crippen LogP contribution in [0.5, 0.6) is 5.75 Å². The highest BCUT2D eigenvalue weighted by molar-refractivity contribution is 9.10. The van der Waals surface area contributed by atoms with Crippen molar-refractivity contribution in [1.29, 1.82) is 0 Å². The van der Waals surface area contributed by atoms with E-state index in [1.807, 2.05) is 13.8 Å². The number of esters is 1. The summed E-state index contributed by atoms with van der Waals surface area (Å²) in [4.78, 5) is 25.7. The van der Waals surface area contributed by atoms with Crippen LogP contribution in [0.4, 0.5) is 0 Å². The van der Waals surface area contributed by atoms with E-state index in [2.05, 4.69) is 15.9 Å². The van der Waals surface area contributed by atoms with Crippen LogP contribution in [0.25, 0.3) is 0 Å². The van der Waals surface area contributed by atoms with Crippen molar-refractivity contribution in [3.05, 3.63) is 28.2 Å². The lowest BCUT2D eigenvalue weighted by molar-refractivity contribution is -0.144. The summed E-state index contributed by atoms with van der Waals surface area (Å²) in [6, 6.07) is 5.02. The average molecular weight is 358 g/mol. The number of amides is 1. The van der Waals surface area contributed by atoms with Gasteiger partial charge in [0.2, 0.25) is 0 Å². The summed E-state index contributed by atoms with van der Waals surface area (Å²) in [5.41, 5.74) is 0.415. The third-order valence-electron chi connectivity index (χ3n) is 2.88. The molecule has 6 heteroatoms. The van der Waals surface area contributed by atoms with Crippen molar-refractivity contribution in [2.75, 3.05) is 20.3 Å². The molecule has 0 aliphatic carbocycles. The molecule has 0 heterocycles. The topological polar surface area (TPSA) is 55.8 Å². The van der Waals surface area contributed by atoms with E-state index in [-0.39, 0.29) is 18.5 Å². The van der Waals surface area contributed by atoms with Crippen molar-refractivity contribution in [3.63, 3.8) is 0 Å². The van der Waals surface area contributed by atoms with Crippen LogP contribution in [0.3, 0.4) is 0 Å². The zero-order chi connectivity index (χ0) is 16.0. The molecule has 0 aromatic heterocycles. The van der Waals surface area contributed by atoms with Gasteiger partial charge in [0.15, 0.2) is 0 Å². The zero-order valence-corrected chi connectivity index (χ0v) is 14.3. The van der Waals surface area contributed by atoms with Crippen molar-refractivity contribution >= 4 is 27.8 Å². The Morgan fingerprint density at radius 2 is 2.00 bits per heavy atom. The summed E-state index contributed by atoms with van der Waals surface area (Å²) in [5, 5.41) is 0. The molecule has 0 saturated heterocycles. The molecule has 1 aromatic carbocycles. The second-order valence-electron chi connectivity index (χ2n) is 4.68. The first-order chi connectivity index (χ1) is 9.90. The van der Waals surface area contributed by atoms with E-state index in [0.717, 1.165) is 4.47 Å². The molecule has 0 saturated carbocycles. The van der Waals surface area contributed by atoms with Crippen molar-refractivity contribution in [2.24, 2.45) is 0 Å². The fourth-order valence-electron chi connectivity index (χ4n) is 1.83. The van der Waals surface area contributed by atoms with Gasteiger partial charge in [0.1, 0.15) is 12.3 Å². The highest BCUT2D eigenvalue weighted by Crippen LogP contribution is 2.25. The molecule has 0 aliphatic rings. The number of carbonyl (C=O) groups excluding carboxylic acids is 2. The van der Waals surface area contributed by atoms with Gasteiger partial charge in [-0.1, -0.05) is 15.9 Å². The number of carbonyl (C=O) groups is 2. The van der Waals surface area contributed by atoms with Gasteiger partial charge in [-0.2, -0.15) is 0 Å². The highest BCUT2D eigenvalue weighted by atomic mass is 79.9. The lowest BCUT2D eigenvalue weighted by Crippen LogP contribution is -2.41.